The van der Waals surface area contributed by atoms with Gasteiger partial charge in [-0.25, -0.2) is 0 Å². The minimum absolute atomic E-state index is 0.102. The molecule has 4 heteroatoms. The maximum Gasteiger partial charge on any atom is 0.220 e. The van der Waals surface area contributed by atoms with Crippen LogP contribution in [-0.4, -0.2) is 36.2 Å². The van der Waals surface area contributed by atoms with Gasteiger partial charge in [0.2, 0.25) is 5.91 Å². The van der Waals surface area contributed by atoms with Crippen LogP contribution < -0.4 is 5.32 Å². The smallest absolute Gasteiger partial charge is 0.220 e. The monoisotopic (exact) mass is 191 g/mol. The summed E-state index contributed by atoms with van der Waals surface area (Å²) in [4.78, 5) is 10.7. The van der Waals surface area contributed by atoms with Gasteiger partial charge in [-0.05, 0) is 18.6 Å². The third kappa shape index (κ3) is 7.88. The van der Waals surface area contributed by atoms with E-state index >= 15 is 0 Å². The van der Waals surface area contributed by atoms with Crippen molar-refractivity contribution in [1.29, 1.82) is 0 Å². The summed E-state index contributed by atoms with van der Waals surface area (Å²) in [6.07, 6.45) is 2.50. The summed E-state index contributed by atoms with van der Waals surface area (Å²) < 4.78 is 0. The van der Waals surface area contributed by atoms with Gasteiger partial charge in [0.05, 0.1) is 0 Å². The molecule has 0 saturated carbocycles. The molecule has 1 amide bonds. The Bertz CT molecular complexity index is 120. The summed E-state index contributed by atoms with van der Waals surface area (Å²) in [5.41, 5.74) is 0. The first kappa shape index (κ1) is 11.8. The van der Waals surface area contributed by atoms with Crippen molar-refractivity contribution >= 4 is 17.7 Å². The number of aliphatic hydroxyl groups is 1. The number of amides is 1. The van der Waals surface area contributed by atoms with Gasteiger partial charge in [-0.15, -0.1) is 0 Å². The number of hydrogen-bond donors (Lipinski definition) is 2. The van der Waals surface area contributed by atoms with Gasteiger partial charge in [-0.1, -0.05) is 0 Å². The third-order valence-corrected chi connectivity index (χ3v) is 2.52. The number of unbranched alkanes of at least 4 members (excludes halogenated alkanes) is 1. The molecule has 0 aromatic carbocycles. The molecule has 0 saturated heterocycles. The van der Waals surface area contributed by atoms with Gasteiger partial charge < -0.3 is 10.4 Å². The number of hydrogen-bond acceptors (Lipinski definition) is 3. The van der Waals surface area contributed by atoms with Crippen molar-refractivity contribution in [3.05, 3.63) is 0 Å². The van der Waals surface area contributed by atoms with Crippen LogP contribution in [0.3, 0.4) is 0 Å². The lowest BCUT2D eigenvalue weighted by molar-refractivity contribution is -0.120. The summed E-state index contributed by atoms with van der Waals surface area (Å²) in [5.74, 6) is 2.02. The zero-order chi connectivity index (χ0) is 9.23. The molecular formula is C8H17NO2S. The maximum atomic E-state index is 10.7. The Labute approximate surface area is 77.9 Å². The number of carbonyl (C=O) groups excluding carboxylic acids is 1. The molecule has 12 heavy (non-hydrogen) atoms. The molecule has 0 aliphatic heterocycles. The van der Waals surface area contributed by atoms with Gasteiger partial charge in [0.25, 0.3) is 0 Å². The van der Waals surface area contributed by atoms with Gasteiger partial charge in [-0.2, -0.15) is 11.8 Å². The maximum absolute atomic E-state index is 10.7. The van der Waals surface area contributed by atoms with E-state index in [2.05, 4.69) is 5.32 Å². The quantitative estimate of drug-likeness (QED) is 0.580. The van der Waals surface area contributed by atoms with E-state index in [0.29, 0.717) is 6.42 Å². The largest absolute Gasteiger partial charge is 0.396 e. The van der Waals surface area contributed by atoms with Gasteiger partial charge >= 0.3 is 0 Å². The summed E-state index contributed by atoms with van der Waals surface area (Å²) in [5, 5.41) is 11.1. The molecule has 0 heterocycles. The van der Waals surface area contributed by atoms with Gasteiger partial charge in [-0.3, -0.25) is 4.79 Å². The van der Waals surface area contributed by atoms with E-state index in [1.807, 2.05) is 0 Å². The molecular weight excluding hydrogens is 174 g/mol. The van der Waals surface area contributed by atoms with E-state index in [-0.39, 0.29) is 12.5 Å². The molecule has 0 fully saturated rings. The zero-order valence-electron chi connectivity index (χ0n) is 7.51. The number of thioether (sulfide) groups is 1. The SMILES string of the molecule is CNC(=O)CCSCCCCO. The lowest BCUT2D eigenvalue weighted by Crippen LogP contribution is -2.17. The molecule has 0 bridgehead atoms. The molecule has 0 aromatic heterocycles. The number of aliphatic hydroxyl groups excluding tert-OH is 1. The predicted molar refractivity (Wildman–Crippen MR) is 52.3 cm³/mol. The van der Waals surface area contributed by atoms with Crippen LogP contribution in [0.1, 0.15) is 19.3 Å². The first-order chi connectivity index (χ1) is 5.81. The molecule has 0 atom stereocenters. The molecule has 0 radical (unpaired) electrons. The average molecular weight is 191 g/mol. The van der Waals surface area contributed by atoms with Crippen LogP contribution in [0.5, 0.6) is 0 Å². The molecule has 0 unspecified atom stereocenters. The fourth-order valence-electron chi connectivity index (χ4n) is 0.708. The second kappa shape index (κ2) is 8.87. The average Bonchev–Trinajstić information content (AvgIpc) is 2.10. The number of nitrogens with one attached hydrogen (secondary N) is 1. The lowest BCUT2D eigenvalue weighted by Gasteiger charge is -1.99. The fraction of sp³-hybridized carbons (Fsp3) is 0.875. The van der Waals surface area contributed by atoms with Crippen LogP contribution in [0.25, 0.3) is 0 Å². The Hall–Kier alpha value is -0.220. The normalized spacial score (nSPS) is 9.83. The van der Waals surface area contributed by atoms with Crippen molar-refractivity contribution < 1.29 is 9.90 Å². The van der Waals surface area contributed by atoms with Gasteiger partial charge in [0.15, 0.2) is 0 Å². The van der Waals surface area contributed by atoms with Crippen LogP contribution in [0, 0.1) is 0 Å². The lowest BCUT2D eigenvalue weighted by atomic mass is 10.4. The van der Waals surface area contributed by atoms with Crippen molar-refractivity contribution in [2.24, 2.45) is 0 Å². The molecule has 0 rings (SSSR count). The molecule has 0 spiro atoms. The minimum Gasteiger partial charge on any atom is -0.396 e. The molecule has 0 aliphatic carbocycles. The van der Waals surface area contributed by atoms with Crippen LogP contribution in [0.4, 0.5) is 0 Å². The fourth-order valence-corrected chi connectivity index (χ4v) is 1.65. The van der Waals surface area contributed by atoms with Crippen LogP contribution in [0.15, 0.2) is 0 Å². The van der Waals surface area contributed by atoms with Gasteiger partial charge in [0.1, 0.15) is 0 Å². The van der Waals surface area contributed by atoms with E-state index in [4.69, 9.17) is 5.11 Å². The van der Waals surface area contributed by atoms with E-state index in [1.54, 1.807) is 18.8 Å². The highest BCUT2D eigenvalue weighted by molar-refractivity contribution is 7.99. The number of rotatable bonds is 7. The van der Waals surface area contributed by atoms with E-state index in [1.165, 1.54) is 0 Å². The highest BCUT2D eigenvalue weighted by Gasteiger charge is 1.96. The first-order valence-corrected chi connectivity index (χ1v) is 5.36. The number of carbonyl (C=O) groups is 1. The van der Waals surface area contributed by atoms with Crippen molar-refractivity contribution in [3.8, 4) is 0 Å². The van der Waals surface area contributed by atoms with Crippen molar-refractivity contribution in [2.75, 3.05) is 25.2 Å². The van der Waals surface area contributed by atoms with Crippen molar-refractivity contribution in [1.82, 2.24) is 5.32 Å². The Morgan fingerprint density at radius 3 is 2.75 bits per heavy atom. The molecule has 72 valence electrons. The first-order valence-electron chi connectivity index (χ1n) is 4.20. The Morgan fingerprint density at radius 1 is 1.42 bits per heavy atom. The Morgan fingerprint density at radius 2 is 2.17 bits per heavy atom. The van der Waals surface area contributed by atoms with E-state index in [0.717, 1.165) is 24.3 Å². The Kier molecular flexibility index (Phi) is 8.71. The van der Waals surface area contributed by atoms with Crippen LogP contribution in [-0.2, 0) is 4.79 Å². The summed E-state index contributed by atoms with van der Waals surface area (Å²) >= 11 is 1.76. The molecule has 3 nitrogen and oxygen atoms in total. The predicted octanol–water partition coefficient (Wildman–Crippen LogP) is 0.628. The topological polar surface area (TPSA) is 49.3 Å². The molecule has 2 N–H and O–H groups in total. The Balaban J connectivity index is 2.95. The molecule has 0 aliphatic rings. The summed E-state index contributed by atoms with van der Waals surface area (Å²) in [6, 6.07) is 0. The van der Waals surface area contributed by atoms with E-state index < -0.39 is 0 Å². The third-order valence-electron chi connectivity index (χ3n) is 1.45. The minimum atomic E-state index is 0.102. The van der Waals surface area contributed by atoms with Crippen LogP contribution >= 0.6 is 11.8 Å². The van der Waals surface area contributed by atoms with Crippen molar-refractivity contribution in [2.45, 2.75) is 19.3 Å². The highest BCUT2D eigenvalue weighted by Crippen LogP contribution is 2.05. The molecule has 0 aromatic rings. The highest BCUT2D eigenvalue weighted by atomic mass is 32.2. The van der Waals surface area contributed by atoms with Crippen molar-refractivity contribution in [3.63, 3.8) is 0 Å². The van der Waals surface area contributed by atoms with Crippen LogP contribution in [0.2, 0.25) is 0 Å². The standard InChI is InChI=1S/C8H17NO2S/c1-9-8(11)4-7-12-6-3-2-5-10/h10H,2-7H2,1H3,(H,9,11). The zero-order valence-corrected chi connectivity index (χ0v) is 8.32. The summed E-state index contributed by atoms with van der Waals surface area (Å²) in [7, 11) is 1.65. The van der Waals surface area contributed by atoms with Gasteiger partial charge in [0, 0.05) is 25.8 Å². The summed E-state index contributed by atoms with van der Waals surface area (Å²) in [6.45, 7) is 0.274. The second-order valence-electron chi connectivity index (χ2n) is 2.47. The van der Waals surface area contributed by atoms with E-state index in [9.17, 15) is 4.79 Å². The second-order valence-corrected chi connectivity index (χ2v) is 3.69.